The van der Waals surface area contributed by atoms with Crippen molar-refractivity contribution < 1.29 is 9.53 Å². The van der Waals surface area contributed by atoms with Crippen LogP contribution in [-0.2, 0) is 11.2 Å². The minimum Gasteiger partial charge on any atom is -0.497 e. The summed E-state index contributed by atoms with van der Waals surface area (Å²) < 4.78 is 6.64. The van der Waals surface area contributed by atoms with E-state index in [0.717, 1.165) is 11.3 Å². The Morgan fingerprint density at radius 2 is 2.04 bits per heavy atom. The summed E-state index contributed by atoms with van der Waals surface area (Å²) >= 11 is 0. The van der Waals surface area contributed by atoms with Gasteiger partial charge >= 0.3 is 0 Å². The van der Waals surface area contributed by atoms with Crippen LogP contribution in [0.1, 0.15) is 5.56 Å². The molecule has 1 aromatic carbocycles. The summed E-state index contributed by atoms with van der Waals surface area (Å²) in [4.78, 5) is 20.1. The molecule has 23 heavy (non-hydrogen) atoms. The summed E-state index contributed by atoms with van der Waals surface area (Å²) in [6.45, 7) is 0. The van der Waals surface area contributed by atoms with E-state index < -0.39 is 0 Å². The Bertz CT molecular complexity index is 767. The van der Waals surface area contributed by atoms with E-state index in [9.17, 15) is 4.79 Å². The number of hydrogen-bond acceptors (Lipinski definition) is 5. The Hall–Kier alpha value is -3.22. The van der Waals surface area contributed by atoms with Gasteiger partial charge in [-0.2, -0.15) is 5.10 Å². The van der Waals surface area contributed by atoms with Crippen molar-refractivity contribution in [3.63, 3.8) is 0 Å². The fourth-order valence-corrected chi connectivity index (χ4v) is 2.06. The second-order valence-corrected chi connectivity index (χ2v) is 4.82. The number of pyridine rings is 1. The van der Waals surface area contributed by atoms with Crippen molar-refractivity contribution in [1.82, 2.24) is 19.7 Å². The molecule has 116 valence electrons. The van der Waals surface area contributed by atoms with Crippen molar-refractivity contribution >= 4 is 11.6 Å². The third-order valence-corrected chi connectivity index (χ3v) is 3.21. The van der Waals surface area contributed by atoms with Gasteiger partial charge in [-0.05, 0) is 29.8 Å². The molecular formula is C16H15N5O2. The van der Waals surface area contributed by atoms with Crippen molar-refractivity contribution in [3.8, 4) is 11.6 Å². The van der Waals surface area contributed by atoms with Gasteiger partial charge < -0.3 is 10.1 Å². The van der Waals surface area contributed by atoms with Crippen LogP contribution < -0.4 is 10.1 Å². The van der Waals surface area contributed by atoms with E-state index in [4.69, 9.17) is 4.74 Å². The lowest BCUT2D eigenvalue weighted by atomic mass is 10.1. The Kier molecular flexibility index (Phi) is 4.28. The van der Waals surface area contributed by atoms with Gasteiger partial charge in [-0.15, -0.1) is 0 Å². The van der Waals surface area contributed by atoms with E-state index in [1.54, 1.807) is 36.4 Å². The third-order valence-electron chi connectivity index (χ3n) is 3.21. The first-order chi connectivity index (χ1) is 11.2. The van der Waals surface area contributed by atoms with Crippen LogP contribution in [0, 0.1) is 0 Å². The molecule has 3 aromatic rings. The highest BCUT2D eigenvalue weighted by Gasteiger charge is 2.06. The summed E-state index contributed by atoms with van der Waals surface area (Å²) in [6.07, 6.45) is 4.87. The normalized spacial score (nSPS) is 10.3. The Morgan fingerprint density at radius 3 is 2.65 bits per heavy atom. The first kappa shape index (κ1) is 14.7. The van der Waals surface area contributed by atoms with Gasteiger partial charge in [0.1, 0.15) is 18.4 Å². The molecule has 0 radical (unpaired) electrons. The molecule has 0 aliphatic rings. The van der Waals surface area contributed by atoms with Crippen LogP contribution in [0.5, 0.6) is 5.75 Å². The van der Waals surface area contributed by atoms with E-state index in [1.165, 1.54) is 6.33 Å². The van der Waals surface area contributed by atoms with Gasteiger partial charge in [-0.25, -0.2) is 14.6 Å². The molecule has 0 bridgehead atoms. The molecule has 2 heterocycles. The van der Waals surface area contributed by atoms with Crippen LogP contribution in [0.2, 0.25) is 0 Å². The van der Waals surface area contributed by atoms with Crippen molar-refractivity contribution in [2.75, 3.05) is 12.4 Å². The number of aromatic nitrogens is 4. The standard InChI is InChI=1S/C16H15N5O2/c1-23-14-5-2-12(3-6-14)8-16(22)20-13-4-7-15(18-9-13)21-11-17-10-19-21/h2-7,9-11H,8H2,1H3,(H,20,22). The summed E-state index contributed by atoms with van der Waals surface area (Å²) in [7, 11) is 1.61. The van der Waals surface area contributed by atoms with E-state index >= 15 is 0 Å². The molecule has 0 aliphatic heterocycles. The zero-order valence-corrected chi connectivity index (χ0v) is 12.5. The number of benzene rings is 1. The number of nitrogens with zero attached hydrogens (tertiary/aromatic N) is 4. The first-order valence-corrected chi connectivity index (χ1v) is 6.98. The van der Waals surface area contributed by atoms with Crippen molar-refractivity contribution in [2.24, 2.45) is 0 Å². The van der Waals surface area contributed by atoms with Crippen LogP contribution in [-0.4, -0.2) is 32.8 Å². The second kappa shape index (κ2) is 6.69. The third kappa shape index (κ3) is 3.70. The van der Waals surface area contributed by atoms with Gasteiger partial charge in [0, 0.05) is 0 Å². The Labute approximate surface area is 133 Å². The molecule has 0 saturated carbocycles. The number of rotatable bonds is 5. The van der Waals surface area contributed by atoms with Crippen molar-refractivity contribution in [2.45, 2.75) is 6.42 Å². The molecule has 0 atom stereocenters. The summed E-state index contributed by atoms with van der Waals surface area (Å²) in [5.41, 5.74) is 1.54. The summed E-state index contributed by atoms with van der Waals surface area (Å²) in [5, 5.41) is 6.81. The number of carbonyl (C=O) groups excluding carboxylic acids is 1. The Morgan fingerprint density at radius 1 is 1.22 bits per heavy atom. The highest BCUT2D eigenvalue weighted by molar-refractivity contribution is 5.92. The van der Waals surface area contributed by atoms with E-state index in [-0.39, 0.29) is 12.3 Å². The number of anilines is 1. The molecule has 1 N–H and O–H groups in total. The maximum atomic E-state index is 12.1. The van der Waals surface area contributed by atoms with Gasteiger partial charge in [0.2, 0.25) is 5.91 Å². The van der Waals surface area contributed by atoms with Crippen LogP contribution in [0.15, 0.2) is 55.2 Å². The topological polar surface area (TPSA) is 81.9 Å². The van der Waals surface area contributed by atoms with Gasteiger partial charge in [0.05, 0.1) is 25.4 Å². The molecule has 0 unspecified atom stereocenters. The molecule has 2 aromatic heterocycles. The van der Waals surface area contributed by atoms with E-state index in [2.05, 4.69) is 20.4 Å². The average molecular weight is 309 g/mol. The molecule has 0 saturated heterocycles. The molecule has 0 spiro atoms. The van der Waals surface area contributed by atoms with E-state index in [0.29, 0.717) is 11.5 Å². The van der Waals surface area contributed by atoms with E-state index in [1.807, 2.05) is 24.3 Å². The van der Waals surface area contributed by atoms with Crippen molar-refractivity contribution in [3.05, 3.63) is 60.8 Å². The fraction of sp³-hybridized carbons (Fsp3) is 0.125. The van der Waals surface area contributed by atoms with Gasteiger partial charge in [-0.1, -0.05) is 12.1 Å². The monoisotopic (exact) mass is 309 g/mol. The zero-order valence-electron chi connectivity index (χ0n) is 12.5. The first-order valence-electron chi connectivity index (χ1n) is 6.98. The number of carbonyl (C=O) groups is 1. The largest absolute Gasteiger partial charge is 0.497 e. The highest BCUT2D eigenvalue weighted by atomic mass is 16.5. The second-order valence-electron chi connectivity index (χ2n) is 4.82. The lowest BCUT2D eigenvalue weighted by molar-refractivity contribution is -0.115. The quantitative estimate of drug-likeness (QED) is 0.778. The average Bonchev–Trinajstić information content (AvgIpc) is 3.11. The number of amides is 1. The zero-order chi connectivity index (χ0) is 16.1. The molecular weight excluding hydrogens is 294 g/mol. The fourth-order valence-electron chi connectivity index (χ4n) is 2.06. The Balaban J connectivity index is 1.61. The van der Waals surface area contributed by atoms with Gasteiger partial charge in [0.25, 0.3) is 0 Å². The molecule has 7 nitrogen and oxygen atoms in total. The number of ether oxygens (including phenoxy) is 1. The van der Waals surface area contributed by atoms with Crippen LogP contribution in [0.3, 0.4) is 0 Å². The molecule has 0 aliphatic carbocycles. The summed E-state index contributed by atoms with van der Waals surface area (Å²) in [6, 6.07) is 10.9. The molecule has 1 amide bonds. The SMILES string of the molecule is COc1ccc(CC(=O)Nc2ccc(-n3cncn3)nc2)cc1. The molecule has 3 rings (SSSR count). The lowest BCUT2D eigenvalue weighted by Gasteiger charge is -2.06. The predicted molar refractivity (Wildman–Crippen MR) is 84.5 cm³/mol. The number of hydrogen-bond donors (Lipinski definition) is 1. The number of nitrogens with one attached hydrogen (secondary N) is 1. The van der Waals surface area contributed by atoms with Crippen molar-refractivity contribution in [1.29, 1.82) is 0 Å². The highest BCUT2D eigenvalue weighted by Crippen LogP contribution is 2.13. The lowest BCUT2D eigenvalue weighted by Crippen LogP contribution is -2.14. The van der Waals surface area contributed by atoms with Crippen LogP contribution >= 0.6 is 0 Å². The number of methoxy groups -OCH3 is 1. The maximum absolute atomic E-state index is 12.1. The molecule has 0 fully saturated rings. The smallest absolute Gasteiger partial charge is 0.228 e. The van der Waals surface area contributed by atoms with Gasteiger partial charge in [-0.3, -0.25) is 4.79 Å². The summed E-state index contributed by atoms with van der Waals surface area (Å²) in [5.74, 6) is 1.29. The van der Waals surface area contributed by atoms with Gasteiger partial charge in [0.15, 0.2) is 5.82 Å². The van der Waals surface area contributed by atoms with Crippen LogP contribution in [0.4, 0.5) is 5.69 Å². The maximum Gasteiger partial charge on any atom is 0.228 e. The minimum absolute atomic E-state index is 0.106. The molecule has 7 heteroatoms. The van der Waals surface area contributed by atoms with Crippen LogP contribution in [0.25, 0.3) is 5.82 Å². The predicted octanol–water partition coefficient (Wildman–Crippen LogP) is 1.85. The minimum atomic E-state index is -0.106.